The van der Waals surface area contributed by atoms with Gasteiger partial charge in [-0.3, -0.25) is 9.69 Å². The van der Waals surface area contributed by atoms with Crippen molar-refractivity contribution in [3.8, 4) is 0 Å². The fourth-order valence-electron chi connectivity index (χ4n) is 2.60. The molecule has 2 heterocycles. The SMILES string of the molecule is CC(O)CC1CCCN1CC(=O)NCc1cccs1. The topological polar surface area (TPSA) is 52.6 Å². The van der Waals surface area contributed by atoms with Crippen LogP contribution in [0.25, 0.3) is 0 Å². The van der Waals surface area contributed by atoms with Crippen molar-refractivity contribution in [3.05, 3.63) is 22.4 Å². The molecule has 1 fully saturated rings. The van der Waals surface area contributed by atoms with Gasteiger partial charge in [0.1, 0.15) is 0 Å². The molecule has 2 rings (SSSR count). The average Bonchev–Trinajstić information content (AvgIpc) is 2.98. The van der Waals surface area contributed by atoms with Crippen molar-refractivity contribution in [1.29, 1.82) is 0 Å². The Hall–Kier alpha value is -0.910. The molecule has 1 aliphatic heterocycles. The van der Waals surface area contributed by atoms with Gasteiger partial charge in [0.15, 0.2) is 0 Å². The van der Waals surface area contributed by atoms with Crippen LogP contribution in [-0.4, -0.2) is 41.1 Å². The van der Waals surface area contributed by atoms with Gasteiger partial charge in [-0.1, -0.05) is 6.07 Å². The van der Waals surface area contributed by atoms with Crippen LogP contribution >= 0.6 is 11.3 Å². The van der Waals surface area contributed by atoms with Crippen LogP contribution in [0.5, 0.6) is 0 Å². The van der Waals surface area contributed by atoms with Crippen LogP contribution in [0.1, 0.15) is 31.1 Å². The highest BCUT2D eigenvalue weighted by Crippen LogP contribution is 2.20. The number of nitrogens with one attached hydrogen (secondary N) is 1. The van der Waals surface area contributed by atoms with E-state index in [2.05, 4.69) is 10.2 Å². The first kappa shape index (κ1) is 14.5. The van der Waals surface area contributed by atoms with E-state index < -0.39 is 0 Å². The van der Waals surface area contributed by atoms with Crippen LogP contribution in [0, 0.1) is 0 Å². The molecule has 0 aromatic carbocycles. The average molecular weight is 282 g/mol. The fourth-order valence-corrected chi connectivity index (χ4v) is 3.25. The third kappa shape index (κ3) is 4.60. The van der Waals surface area contributed by atoms with E-state index in [1.54, 1.807) is 11.3 Å². The Morgan fingerprint density at radius 2 is 2.53 bits per heavy atom. The molecule has 1 aromatic heterocycles. The number of aliphatic hydroxyl groups excluding tert-OH is 1. The summed E-state index contributed by atoms with van der Waals surface area (Å²) in [6.07, 6.45) is 2.68. The van der Waals surface area contributed by atoms with Gasteiger partial charge in [-0.05, 0) is 44.2 Å². The number of aliphatic hydroxyl groups is 1. The zero-order valence-corrected chi connectivity index (χ0v) is 12.2. The molecule has 19 heavy (non-hydrogen) atoms. The second kappa shape index (κ2) is 7.03. The van der Waals surface area contributed by atoms with Crippen LogP contribution in [0.2, 0.25) is 0 Å². The molecule has 2 N–H and O–H groups in total. The molecule has 1 saturated heterocycles. The Morgan fingerprint density at radius 1 is 1.68 bits per heavy atom. The highest BCUT2D eigenvalue weighted by molar-refractivity contribution is 7.09. The molecule has 5 heteroatoms. The maximum Gasteiger partial charge on any atom is 0.234 e. The second-order valence-electron chi connectivity index (χ2n) is 5.21. The summed E-state index contributed by atoms with van der Waals surface area (Å²) in [5.41, 5.74) is 0. The van der Waals surface area contributed by atoms with Crippen LogP contribution in [0.3, 0.4) is 0 Å². The molecule has 0 spiro atoms. The summed E-state index contributed by atoms with van der Waals surface area (Å²) < 4.78 is 0. The Morgan fingerprint density at radius 3 is 3.21 bits per heavy atom. The molecular weight excluding hydrogens is 260 g/mol. The molecule has 4 nitrogen and oxygen atoms in total. The van der Waals surface area contributed by atoms with Gasteiger partial charge in [0, 0.05) is 10.9 Å². The number of nitrogens with zero attached hydrogens (tertiary/aromatic N) is 1. The van der Waals surface area contributed by atoms with Crippen LogP contribution < -0.4 is 5.32 Å². The van der Waals surface area contributed by atoms with Crippen molar-refractivity contribution in [2.24, 2.45) is 0 Å². The quantitative estimate of drug-likeness (QED) is 0.833. The van der Waals surface area contributed by atoms with E-state index in [4.69, 9.17) is 0 Å². The third-order valence-electron chi connectivity index (χ3n) is 3.50. The van der Waals surface area contributed by atoms with Crippen molar-refractivity contribution in [2.75, 3.05) is 13.1 Å². The molecule has 0 radical (unpaired) electrons. The number of hydrogen-bond acceptors (Lipinski definition) is 4. The van der Waals surface area contributed by atoms with Gasteiger partial charge in [0.25, 0.3) is 0 Å². The standard InChI is InChI=1S/C14H22N2O2S/c1-11(17)8-12-4-2-6-16(12)10-14(18)15-9-13-5-3-7-19-13/h3,5,7,11-12,17H,2,4,6,8-10H2,1H3,(H,15,18). The van der Waals surface area contributed by atoms with Crippen molar-refractivity contribution in [3.63, 3.8) is 0 Å². The van der Waals surface area contributed by atoms with Gasteiger partial charge >= 0.3 is 0 Å². The summed E-state index contributed by atoms with van der Waals surface area (Å²) in [5, 5.41) is 14.4. The number of thiophene rings is 1. The van der Waals surface area contributed by atoms with E-state index in [0.29, 0.717) is 19.1 Å². The summed E-state index contributed by atoms with van der Waals surface area (Å²) in [5.74, 6) is 0.0749. The second-order valence-corrected chi connectivity index (χ2v) is 6.24. The summed E-state index contributed by atoms with van der Waals surface area (Å²) >= 11 is 1.66. The van der Waals surface area contributed by atoms with Gasteiger partial charge in [-0.15, -0.1) is 11.3 Å². The Balaban J connectivity index is 1.74. The molecule has 1 amide bonds. The molecule has 0 saturated carbocycles. The zero-order valence-electron chi connectivity index (χ0n) is 11.3. The van der Waals surface area contributed by atoms with E-state index in [0.717, 1.165) is 25.8 Å². The molecule has 2 unspecified atom stereocenters. The first-order valence-electron chi connectivity index (χ1n) is 6.86. The Labute approximate surface area is 118 Å². The first-order valence-corrected chi connectivity index (χ1v) is 7.74. The minimum atomic E-state index is -0.292. The lowest BCUT2D eigenvalue weighted by molar-refractivity contribution is -0.122. The number of carbonyl (C=O) groups excluding carboxylic acids is 1. The monoisotopic (exact) mass is 282 g/mol. The maximum atomic E-state index is 11.9. The van der Waals surface area contributed by atoms with Gasteiger partial charge in [-0.2, -0.15) is 0 Å². The first-order chi connectivity index (χ1) is 9.15. The lowest BCUT2D eigenvalue weighted by Crippen LogP contribution is -2.40. The minimum absolute atomic E-state index is 0.0749. The lowest BCUT2D eigenvalue weighted by atomic mass is 10.1. The van der Waals surface area contributed by atoms with Gasteiger partial charge < -0.3 is 10.4 Å². The number of hydrogen-bond donors (Lipinski definition) is 2. The number of amides is 1. The zero-order chi connectivity index (χ0) is 13.7. The maximum absolute atomic E-state index is 11.9. The van der Waals surface area contributed by atoms with E-state index in [1.807, 2.05) is 24.4 Å². The smallest absolute Gasteiger partial charge is 0.234 e. The number of likely N-dealkylation sites (tertiary alicyclic amines) is 1. The van der Waals surface area contributed by atoms with Crippen molar-refractivity contribution >= 4 is 17.2 Å². The van der Waals surface area contributed by atoms with Crippen LogP contribution in [-0.2, 0) is 11.3 Å². The third-order valence-corrected chi connectivity index (χ3v) is 4.38. The Kier molecular flexibility index (Phi) is 5.36. The van der Waals surface area contributed by atoms with Crippen molar-refractivity contribution in [2.45, 2.75) is 44.9 Å². The predicted octanol–water partition coefficient (Wildman–Crippen LogP) is 1.60. The highest BCUT2D eigenvalue weighted by Gasteiger charge is 2.26. The highest BCUT2D eigenvalue weighted by atomic mass is 32.1. The summed E-state index contributed by atoms with van der Waals surface area (Å²) in [6.45, 7) is 3.84. The molecular formula is C14H22N2O2S. The van der Waals surface area contributed by atoms with Gasteiger partial charge in [0.2, 0.25) is 5.91 Å². The summed E-state index contributed by atoms with van der Waals surface area (Å²) in [4.78, 5) is 15.3. The largest absolute Gasteiger partial charge is 0.393 e. The van der Waals surface area contributed by atoms with Gasteiger partial charge in [-0.25, -0.2) is 0 Å². The minimum Gasteiger partial charge on any atom is -0.393 e. The number of carbonyl (C=O) groups is 1. The van der Waals surface area contributed by atoms with Gasteiger partial charge in [0.05, 0.1) is 19.2 Å². The van der Waals surface area contributed by atoms with Crippen LogP contribution in [0.4, 0.5) is 0 Å². The van der Waals surface area contributed by atoms with E-state index in [1.165, 1.54) is 4.88 Å². The van der Waals surface area contributed by atoms with Crippen LogP contribution in [0.15, 0.2) is 17.5 Å². The molecule has 0 bridgehead atoms. The van der Waals surface area contributed by atoms with Crippen molar-refractivity contribution in [1.82, 2.24) is 10.2 Å². The molecule has 1 aliphatic rings. The summed E-state index contributed by atoms with van der Waals surface area (Å²) in [6, 6.07) is 4.37. The van der Waals surface area contributed by atoms with E-state index in [-0.39, 0.29) is 12.0 Å². The normalized spacial score (nSPS) is 21.5. The molecule has 2 atom stereocenters. The fraction of sp³-hybridized carbons (Fsp3) is 0.643. The lowest BCUT2D eigenvalue weighted by Gasteiger charge is -2.24. The molecule has 0 aliphatic carbocycles. The van der Waals surface area contributed by atoms with E-state index in [9.17, 15) is 9.90 Å². The predicted molar refractivity (Wildman–Crippen MR) is 77.1 cm³/mol. The van der Waals surface area contributed by atoms with Crippen molar-refractivity contribution < 1.29 is 9.90 Å². The Bertz CT molecular complexity index is 392. The van der Waals surface area contributed by atoms with E-state index >= 15 is 0 Å². The molecule has 106 valence electrons. The summed E-state index contributed by atoms with van der Waals surface area (Å²) in [7, 11) is 0. The molecule has 1 aromatic rings. The number of rotatable bonds is 6.